The Labute approximate surface area is 404 Å². The summed E-state index contributed by atoms with van der Waals surface area (Å²) in [5, 5.41) is 26.2. The molecule has 1 saturated heterocycles. The van der Waals surface area contributed by atoms with Gasteiger partial charge in [-0.2, -0.15) is 0 Å². The number of ether oxygens (including phenoxy) is 1. The fourth-order valence-electron chi connectivity index (χ4n) is 6.09. The van der Waals surface area contributed by atoms with E-state index in [2.05, 4.69) is 86.8 Å². The van der Waals surface area contributed by atoms with E-state index in [4.69, 9.17) is 10.5 Å². The fourth-order valence-corrected chi connectivity index (χ4v) is 9.42. The van der Waals surface area contributed by atoms with Gasteiger partial charge in [0.15, 0.2) is 17.7 Å². The molecule has 0 aromatic carbocycles. The van der Waals surface area contributed by atoms with E-state index < -0.39 is 84.6 Å². The topological polar surface area (TPSA) is 375 Å². The molecule has 24 nitrogen and oxygen atoms in total. The third kappa shape index (κ3) is 22.5. The molecule has 0 bridgehead atoms. The first-order chi connectivity index (χ1) is 32.6. The van der Waals surface area contributed by atoms with Crippen LogP contribution in [0.2, 0.25) is 0 Å². The largest absolute Gasteiger partial charge is 0.790 e. The lowest BCUT2D eigenvalue weighted by Gasteiger charge is -2.36. The zero-order valence-electron chi connectivity index (χ0n) is 38.3. The summed E-state index contributed by atoms with van der Waals surface area (Å²) in [4.78, 5) is 96.7. The maximum atomic E-state index is 12.6. The van der Waals surface area contributed by atoms with Crippen LogP contribution in [0, 0.1) is 5.41 Å². The van der Waals surface area contributed by atoms with Crippen LogP contribution in [0.1, 0.15) is 84.8 Å². The third-order valence-corrected chi connectivity index (χ3v) is 13.5. The van der Waals surface area contributed by atoms with E-state index in [0.717, 1.165) is 54.7 Å². The number of nitrogens with zero attached hydrogens (tertiary/aromatic N) is 4. The standard InChI is InChI=1S/C41H64N7O17P3S/c1-4-5-6-7-8-9-10-11-12-13-14-15-16-17-18-19-20-21-32(50)69-25-24-43-31(49)22-23-44-39(53)36(52)41(2,3)27-62-68(59,60)65-67(57,58)61-26-30-35(64-66(54,55)56)34(51)40(63-30)48-29-47-33-37(42)45-28-46-38(33)48/h8-9,11-12,14-15,17-18,20-21,28-30,34-36,40,51-52H,4-7,10,13,16,19,22-27H2,1-3H3,(H,43,49)(H,44,53)(H,57,58)(H,59,60)(H2,42,45,46)(H2,54,55,56)/p-4/b9-8-,12-11-,15-14-,18-17-,21-20+/t30-,34-,35-,36+,40-/m1/s1. The second kappa shape index (κ2) is 29.6. The molecular formula is C41H60N7O17P3S-4. The lowest BCUT2D eigenvalue weighted by Crippen LogP contribution is -2.46. The predicted octanol–water partition coefficient (Wildman–Crippen LogP) is 2.06. The van der Waals surface area contributed by atoms with Crippen molar-refractivity contribution in [2.75, 3.05) is 37.8 Å². The van der Waals surface area contributed by atoms with Gasteiger partial charge in [-0.3, -0.25) is 28.1 Å². The van der Waals surface area contributed by atoms with Crippen molar-refractivity contribution in [3.63, 3.8) is 0 Å². The van der Waals surface area contributed by atoms with Crippen LogP contribution < -0.4 is 35.9 Å². The minimum absolute atomic E-state index is 0.0230. The highest BCUT2D eigenvalue weighted by atomic mass is 32.2. The molecule has 2 aromatic rings. The van der Waals surface area contributed by atoms with Gasteiger partial charge in [0.05, 0.1) is 27.4 Å². The summed E-state index contributed by atoms with van der Waals surface area (Å²) in [7, 11) is -17.6. The Morgan fingerprint density at radius 1 is 0.913 bits per heavy atom. The van der Waals surface area contributed by atoms with Crippen molar-refractivity contribution < 1.29 is 80.5 Å². The Morgan fingerprint density at radius 3 is 2.17 bits per heavy atom. The average molecular weight is 1050 g/mol. The van der Waals surface area contributed by atoms with Crippen molar-refractivity contribution in [1.29, 1.82) is 0 Å². The lowest BCUT2D eigenvalue weighted by atomic mass is 9.87. The predicted molar refractivity (Wildman–Crippen MR) is 247 cm³/mol. The average Bonchev–Trinajstić information content (AvgIpc) is 3.84. The number of aliphatic hydroxyl groups is 2. The Kier molecular flexibility index (Phi) is 25.5. The summed E-state index contributed by atoms with van der Waals surface area (Å²) in [6.45, 7) is 2.25. The van der Waals surface area contributed by atoms with Crippen molar-refractivity contribution in [3.8, 4) is 0 Å². The zero-order valence-corrected chi connectivity index (χ0v) is 41.8. The van der Waals surface area contributed by atoms with E-state index in [-0.39, 0.29) is 41.6 Å². The van der Waals surface area contributed by atoms with Gasteiger partial charge >= 0.3 is 0 Å². The molecule has 1 aliphatic heterocycles. The molecule has 3 rings (SSSR count). The van der Waals surface area contributed by atoms with E-state index in [1.54, 1.807) is 6.08 Å². The number of aromatic nitrogens is 4. The molecule has 386 valence electrons. The molecule has 6 N–H and O–H groups in total. The zero-order chi connectivity index (χ0) is 51.1. The van der Waals surface area contributed by atoms with Crippen molar-refractivity contribution >= 4 is 69.1 Å². The Morgan fingerprint density at radius 2 is 1.54 bits per heavy atom. The number of nitrogen functional groups attached to an aromatic ring is 1. The van der Waals surface area contributed by atoms with Crippen LogP contribution >= 0.6 is 35.2 Å². The number of phosphoric ester groups is 3. The first kappa shape index (κ1) is 59.6. The maximum Gasteiger partial charge on any atom is 0.274 e. The summed E-state index contributed by atoms with van der Waals surface area (Å²) in [6, 6.07) is 0. The molecule has 7 atom stereocenters. The van der Waals surface area contributed by atoms with Gasteiger partial charge in [0.2, 0.25) is 16.9 Å². The number of hydrogen-bond donors (Lipinski definition) is 5. The molecule has 2 unspecified atom stereocenters. The number of allylic oxidation sites excluding steroid dienone is 9. The van der Waals surface area contributed by atoms with Crippen LogP contribution in [0.3, 0.4) is 0 Å². The maximum absolute atomic E-state index is 12.6. The number of rotatable bonds is 32. The van der Waals surface area contributed by atoms with Crippen molar-refractivity contribution in [2.45, 2.75) is 109 Å². The molecule has 28 heteroatoms. The molecule has 0 aliphatic carbocycles. The summed E-state index contributed by atoms with van der Waals surface area (Å²) in [6.07, 6.45) is 20.6. The van der Waals surface area contributed by atoms with E-state index >= 15 is 0 Å². The van der Waals surface area contributed by atoms with Crippen LogP contribution in [-0.2, 0) is 50.7 Å². The fraction of sp³-hybridized carbons (Fsp3) is 0.561. The van der Waals surface area contributed by atoms with Crippen molar-refractivity contribution in [3.05, 3.63) is 73.4 Å². The van der Waals surface area contributed by atoms with Crippen LogP contribution in [-0.4, -0.2) is 103 Å². The van der Waals surface area contributed by atoms with E-state index in [0.29, 0.717) is 12.2 Å². The summed E-state index contributed by atoms with van der Waals surface area (Å²) in [5.74, 6) is -1.27. The highest BCUT2D eigenvalue weighted by molar-refractivity contribution is 8.14. The number of carbonyl (C=O) groups is 3. The van der Waals surface area contributed by atoms with Gasteiger partial charge in [-0.1, -0.05) is 100 Å². The monoisotopic (exact) mass is 1050 g/mol. The smallest absolute Gasteiger partial charge is 0.274 e. The Bertz CT molecular complexity index is 2270. The minimum Gasteiger partial charge on any atom is -0.790 e. The molecule has 69 heavy (non-hydrogen) atoms. The normalized spacial score (nSPS) is 20.4. The summed E-state index contributed by atoms with van der Waals surface area (Å²) >= 11 is 1.01. The van der Waals surface area contributed by atoms with Gasteiger partial charge in [-0.25, -0.2) is 19.3 Å². The van der Waals surface area contributed by atoms with Gasteiger partial charge in [0.25, 0.3) is 15.6 Å². The molecule has 2 amide bonds. The first-order valence-corrected chi connectivity index (χ1v) is 27.2. The summed E-state index contributed by atoms with van der Waals surface area (Å²) < 4.78 is 60.8. The Balaban J connectivity index is 1.32. The number of carbonyl (C=O) groups excluding carboxylic acids is 3. The molecule has 1 aliphatic rings. The van der Waals surface area contributed by atoms with E-state index in [1.165, 1.54) is 39.2 Å². The second-order valence-electron chi connectivity index (χ2n) is 15.9. The second-order valence-corrected chi connectivity index (χ2v) is 21.0. The number of nitrogens with one attached hydrogen (secondary N) is 2. The molecule has 0 saturated carbocycles. The first-order valence-electron chi connectivity index (χ1n) is 21.8. The molecule has 3 heterocycles. The van der Waals surface area contributed by atoms with E-state index in [9.17, 15) is 57.9 Å². The van der Waals surface area contributed by atoms with Crippen molar-refractivity contribution in [2.24, 2.45) is 5.41 Å². The van der Waals surface area contributed by atoms with Gasteiger partial charge in [0, 0.05) is 30.7 Å². The molecule has 0 radical (unpaired) electrons. The molecular weight excluding hydrogens is 987 g/mol. The van der Waals surface area contributed by atoms with Gasteiger partial charge < -0.3 is 69.0 Å². The van der Waals surface area contributed by atoms with Crippen molar-refractivity contribution in [1.82, 2.24) is 30.2 Å². The molecule has 2 aromatic heterocycles. The van der Waals surface area contributed by atoms with Crippen LogP contribution in [0.25, 0.3) is 11.2 Å². The number of unbranched alkanes of at least 4 members (excludes halogenated alkanes) is 3. The number of hydrogen-bond acceptors (Lipinski definition) is 22. The summed E-state index contributed by atoms with van der Waals surface area (Å²) in [5.41, 5.74) is 4.07. The quantitative estimate of drug-likeness (QED) is 0.0303. The van der Waals surface area contributed by atoms with Gasteiger partial charge in [-0.15, -0.1) is 0 Å². The SMILES string of the molecule is CCCCC/C=C\C/C=C\C/C=C\C/C=C\C/C=C/C(=O)SCCNC(=O)CCNC(=O)[C@H](O)C(C)(C)COP(=O)([O-])OP(=O)([O-])OC[C@H]1O[C@@H](n2cnc3c(N)ncnc32)[C@H](O)[C@@H]1OP(=O)([O-])[O-]. The van der Waals surface area contributed by atoms with Gasteiger partial charge in [0.1, 0.15) is 36.3 Å². The number of fused-ring (bicyclic) bond motifs is 1. The number of anilines is 1. The van der Waals surface area contributed by atoms with Crippen LogP contribution in [0.5, 0.6) is 0 Å². The number of nitrogens with two attached hydrogens (primary N) is 1. The highest BCUT2D eigenvalue weighted by Crippen LogP contribution is 2.56. The number of aliphatic hydroxyl groups excluding tert-OH is 2. The number of thioether (sulfide) groups is 1. The lowest BCUT2D eigenvalue weighted by molar-refractivity contribution is -0.347. The highest BCUT2D eigenvalue weighted by Gasteiger charge is 2.47. The van der Waals surface area contributed by atoms with Crippen LogP contribution in [0.4, 0.5) is 5.82 Å². The molecule has 0 spiro atoms. The van der Waals surface area contributed by atoms with E-state index in [1.807, 2.05) is 12.2 Å². The number of imidazole rings is 1. The number of phosphoric acid groups is 3. The Hall–Kier alpha value is -3.74. The minimum atomic E-state index is -5.93. The molecule has 1 fully saturated rings. The van der Waals surface area contributed by atoms with Gasteiger partial charge in [-0.05, 0) is 44.6 Å². The van der Waals surface area contributed by atoms with Crippen LogP contribution in [0.15, 0.2) is 73.4 Å². The number of amides is 2. The third-order valence-electron chi connectivity index (χ3n) is 9.71.